The van der Waals surface area contributed by atoms with Gasteiger partial charge in [-0.3, -0.25) is 9.59 Å². The third-order valence-electron chi connectivity index (χ3n) is 4.62. The van der Waals surface area contributed by atoms with E-state index in [1.54, 1.807) is 42.6 Å². The quantitative estimate of drug-likeness (QED) is 0.615. The molecule has 6 nitrogen and oxygen atoms in total. The first-order chi connectivity index (χ1) is 13.6. The second-order valence-electron chi connectivity index (χ2n) is 6.93. The van der Waals surface area contributed by atoms with Gasteiger partial charge < -0.3 is 16.0 Å². The molecule has 0 spiro atoms. The molecule has 3 N–H and O–H groups in total. The highest BCUT2D eigenvalue weighted by molar-refractivity contribution is 6.04. The highest BCUT2D eigenvalue weighted by atomic mass is 16.2. The number of rotatable bonds is 7. The molecule has 0 atom stereocenters. The average molecular weight is 378 g/mol. The van der Waals surface area contributed by atoms with Gasteiger partial charge in [-0.05, 0) is 68.5 Å². The summed E-state index contributed by atoms with van der Waals surface area (Å²) in [5.41, 5.74) is 3.40. The number of carbonyl (C=O) groups excluding carboxylic acids is 2. The molecule has 28 heavy (non-hydrogen) atoms. The first-order valence-electron chi connectivity index (χ1n) is 9.67. The van der Waals surface area contributed by atoms with E-state index < -0.39 is 0 Å². The van der Waals surface area contributed by atoms with E-state index in [-0.39, 0.29) is 11.8 Å². The first-order valence-corrected chi connectivity index (χ1v) is 9.67. The Hall–Kier alpha value is -3.15. The first kappa shape index (κ1) is 19.6. The van der Waals surface area contributed by atoms with E-state index in [1.165, 1.54) is 38.2 Å². The van der Waals surface area contributed by atoms with Crippen LogP contribution in [-0.4, -0.2) is 23.3 Å². The summed E-state index contributed by atoms with van der Waals surface area (Å²) in [5, 5.41) is 8.86. The normalized spacial score (nSPS) is 13.4. The van der Waals surface area contributed by atoms with Gasteiger partial charge >= 0.3 is 0 Å². The number of hydrogen-bond donors (Lipinski definition) is 3. The van der Waals surface area contributed by atoms with Crippen molar-refractivity contribution in [3.8, 4) is 0 Å². The van der Waals surface area contributed by atoms with Crippen molar-refractivity contribution in [3.05, 3.63) is 59.8 Å². The van der Waals surface area contributed by atoms with Crippen LogP contribution in [0, 0.1) is 0 Å². The number of nitrogens with zero attached hydrogens (tertiary/aromatic N) is 1. The van der Waals surface area contributed by atoms with Crippen molar-refractivity contribution in [1.82, 2.24) is 4.98 Å². The van der Waals surface area contributed by atoms with E-state index in [0.717, 1.165) is 13.0 Å². The number of benzene rings is 1. The summed E-state index contributed by atoms with van der Waals surface area (Å²) in [5.74, 6) is 0.367. The number of aromatic nitrogens is 1. The monoisotopic (exact) mass is 378 g/mol. The maximum Gasteiger partial charge on any atom is 0.255 e. The molecule has 1 aliphatic carbocycles. The molecule has 0 bridgehead atoms. The molecule has 0 aliphatic heterocycles. The summed E-state index contributed by atoms with van der Waals surface area (Å²) in [6, 6.07) is 10.4. The van der Waals surface area contributed by atoms with Gasteiger partial charge in [-0.15, -0.1) is 0 Å². The fraction of sp³-hybridized carbons (Fsp3) is 0.318. The fourth-order valence-electron chi connectivity index (χ4n) is 3.19. The van der Waals surface area contributed by atoms with Crippen molar-refractivity contribution < 1.29 is 9.59 Å². The predicted molar refractivity (Wildman–Crippen MR) is 113 cm³/mol. The van der Waals surface area contributed by atoms with Gasteiger partial charge in [0.05, 0.1) is 0 Å². The molecular weight excluding hydrogens is 352 g/mol. The predicted octanol–water partition coefficient (Wildman–Crippen LogP) is 4.59. The lowest BCUT2D eigenvalue weighted by molar-refractivity contribution is -0.114. The van der Waals surface area contributed by atoms with Crippen molar-refractivity contribution in [1.29, 1.82) is 0 Å². The van der Waals surface area contributed by atoms with Gasteiger partial charge in [0.25, 0.3) is 5.91 Å². The molecule has 1 heterocycles. The highest BCUT2D eigenvalue weighted by Gasteiger charge is 2.08. The van der Waals surface area contributed by atoms with Crippen molar-refractivity contribution in [2.24, 2.45) is 0 Å². The zero-order valence-corrected chi connectivity index (χ0v) is 16.1. The number of allylic oxidation sites excluding steroid dienone is 1. The summed E-state index contributed by atoms with van der Waals surface area (Å²) < 4.78 is 0. The Morgan fingerprint density at radius 1 is 1.04 bits per heavy atom. The molecule has 1 aromatic heterocycles. The molecule has 146 valence electrons. The Labute approximate surface area is 165 Å². The van der Waals surface area contributed by atoms with E-state index in [1.807, 2.05) is 0 Å². The highest BCUT2D eigenvalue weighted by Crippen LogP contribution is 2.20. The third-order valence-corrected chi connectivity index (χ3v) is 4.62. The second kappa shape index (κ2) is 9.69. The molecule has 0 unspecified atom stereocenters. The Kier molecular flexibility index (Phi) is 6.78. The summed E-state index contributed by atoms with van der Waals surface area (Å²) in [6.07, 6.45) is 9.96. The lowest BCUT2D eigenvalue weighted by Crippen LogP contribution is -2.13. The Morgan fingerprint density at radius 3 is 2.46 bits per heavy atom. The SMILES string of the molecule is CC(=O)Nc1ccc(NC(=O)c2ccnc(NCCC3=CCCCC3)c2)cc1. The van der Waals surface area contributed by atoms with E-state index in [0.29, 0.717) is 22.8 Å². The second-order valence-corrected chi connectivity index (χ2v) is 6.93. The van der Waals surface area contributed by atoms with Crippen molar-refractivity contribution >= 4 is 29.0 Å². The van der Waals surface area contributed by atoms with Crippen molar-refractivity contribution in [2.45, 2.75) is 39.0 Å². The molecule has 1 aliphatic rings. The van der Waals surface area contributed by atoms with Gasteiger partial charge in [0, 0.05) is 36.6 Å². The van der Waals surface area contributed by atoms with Crippen LogP contribution in [0.25, 0.3) is 0 Å². The number of amides is 2. The minimum Gasteiger partial charge on any atom is -0.370 e. The van der Waals surface area contributed by atoms with Gasteiger partial charge in [-0.2, -0.15) is 0 Å². The van der Waals surface area contributed by atoms with Crippen LogP contribution in [0.15, 0.2) is 54.2 Å². The molecule has 1 aromatic carbocycles. The van der Waals surface area contributed by atoms with Gasteiger partial charge in [0.1, 0.15) is 5.82 Å². The zero-order chi connectivity index (χ0) is 19.8. The molecule has 6 heteroatoms. The average Bonchev–Trinajstić information content (AvgIpc) is 2.70. The van der Waals surface area contributed by atoms with E-state index >= 15 is 0 Å². The van der Waals surface area contributed by atoms with E-state index in [2.05, 4.69) is 27.0 Å². The molecule has 0 fully saturated rings. The summed E-state index contributed by atoms with van der Waals surface area (Å²) in [6.45, 7) is 2.27. The maximum absolute atomic E-state index is 12.5. The minimum atomic E-state index is -0.201. The molecular formula is C22H26N4O2. The molecule has 2 amide bonds. The van der Waals surface area contributed by atoms with Crippen LogP contribution in [-0.2, 0) is 4.79 Å². The summed E-state index contributed by atoms with van der Waals surface area (Å²) in [7, 11) is 0. The third kappa shape index (κ3) is 5.94. The number of carbonyl (C=O) groups is 2. The zero-order valence-electron chi connectivity index (χ0n) is 16.1. The number of nitrogens with one attached hydrogen (secondary N) is 3. The van der Waals surface area contributed by atoms with Gasteiger partial charge in [0.15, 0.2) is 0 Å². The molecule has 0 saturated carbocycles. The largest absolute Gasteiger partial charge is 0.370 e. The smallest absolute Gasteiger partial charge is 0.255 e. The molecule has 0 saturated heterocycles. The Bertz CT molecular complexity index is 859. The van der Waals surface area contributed by atoms with Crippen LogP contribution < -0.4 is 16.0 Å². The van der Waals surface area contributed by atoms with E-state index in [9.17, 15) is 9.59 Å². The molecule has 2 aromatic rings. The summed E-state index contributed by atoms with van der Waals surface area (Å²) >= 11 is 0. The van der Waals surface area contributed by atoms with Crippen LogP contribution in [0.5, 0.6) is 0 Å². The van der Waals surface area contributed by atoms with Crippen LogP contribution in [0.1, 0.15) is 49.4 Å². The van der Waals surface area contributed by atoms with Crippen LogP contribution in [0.3, 0.4) is 0 Å². The fourth-order valence-corrected chi connectivity index (χ4v) is 3.19. The van der Waals surface area contributed by atoms with Crippen molar-refractivity contribution in [2.75, 3.05) is 22.5 Å². The standard InChI is InChI=1S/C22H26N4O2/c1-16(27)25-19-7-9-20(10-8-19)26-22(28)18-12-14-24-21(15-18)23-13-11-17-5-3-2-4-6-17/h5,7-10,12,14-15H,2-4,6,11,13H2,1H3,(H,23,24)(H,25,27)(H,26,28). The summed E-state index contributed by atoms with van der Waals surface area (Å²) in [4.78, 5) is 27.9. The minimum absolute atomic E-state index is 0.131. The number of hydrogen-bond acceptors (Lipinski definition) is 4. The van der Waals surface area contributed by atoms with Crippen molar-refractivity contribution in [3.63, 3.8) is 0 Å². The van der Waals surface area contributed by atoms with Crippen LogP contribution in [0.4, 0.5) is 17.2 Å². The Balaban J connectivity index is 1.54. The Morgan fingerprint density at radius 2 is 1.79 bits per heavy atom. The van der Waals surface area contributed by atoms with Gasteiger partial charge in [0.2, 0.25) is 5.91 Å². The van der Waals surface area contributed by atoms with Gasteiger partial charge in [-0.25, -0.2) is 4.98 Å². The molecule has 0 radical (unpaired) electrons. The molecule has 3 rings (SSSR count). The van der Waals surface area contributed by atoms with Crippen LogP contribution >= 0.6 is 0 Å². The number of anilines is 3. The van der Waals surface area contributed by atoms with Gasteiger partial charge in [-0.1, -0.05) is 11.6 Å². The van der Waals surface area contributed by atoms with Crippen LogP contribution in [0.2, 0.25) is 0 Å². The maximum atomic E-state index is 12.5. The lowest BCUT2D eigenvalue weighted by atomic mass is 9.97. The lowest BCUT2D eigenvalue weighted by Gasteiger charge is -2.13. The topological polar surface area (TPSA) is 83.1 Å². The number of pyridine rings is 1. The van der Waals surface area contributed by atoms with E-state index in [4.69, 9.17) is 0 Å².